The molecule has 1 aliphatic heterocycles. The van der Waals surface area contributed by atoms with Crippen LogP contribution in [0.25, 0.3) is 21.3 Å². The molecule has 0 spiro atoms. The first-order valence-electron chi connectivity index (χ1n) is 10.7. The number of hydrogen-bond acceptors (Lipinski definition) is 6. The number of H-pyrrole nitrogens is 1. The Labute approximate surface area is 195 Å². The molecule has 1 N–H and O–H groups in total. The van der Waals surface area contributed by atoms with E-state index in [0.717, 1.165) is 58.7 Å². The Bertz CT molecular complexity index is 1310. The van der Waals surface area contributed by atoms with Crippen LogP contribution in [-0.4, -0.2) is 46.0 Å². The maximum Gasteiger partial charge on any atom is 0.260 e. The van der Waals surface area contributed by atoms with Crippen molar-refractivity contribution in [2.24, 2.45) is 0 Å². The first-order chi connectivity index (χ1) is 15.5. The molecule has 1 saturated heterocycles. The largest absolute Gasteiger partial charge is 0.354 e. The zero-order valence-corrected chi connectivity index (χ0v) is 19.6. The number of aromatic amines is 1. The molecule has 5 rings (SSSR count). The van der Waals surface area contributed by atoms with Crippen LogP contribution in [0.3, 0.4) is 0 Å². The van der Waals surface area contributed by atoms with Gasteiger partial charge in [0.2, 0.25) is 0 Å². The van der Waals surface area contributed by atoms with Crippen molar-refractivity contribution in [1.29, 1.82) is 0 Å². The molecule has 4 heterocycles. The minimum atomic E-state index is -0.0612. The van der Waals surface area contributed by atoms with Gasteiger partial charge in [-0.25, -0.2) is 9.97 Å². The molecule has 6 nitrogen and oxygen atoms in total. The van der Waals surface area contributed by atoms with Crippen LogP contribution in [0.5, 0.6) is 0 Å². The predicted octanol–water partition coefficient (Wildman–Crippen LogP) is 4.64. The molecular weight excluding hydrogens is 442 g/mol. The number of aryl methyl sites for hydroxylation is 2. The normalized spacial score (nSPS) is 14.9. The summed E-state index contributed by atoms with van der Waals surface area (Å²) in [7, 11) is 0. The van der Waals surface area contributed by atoms with Crippen LogP contribution in [0, 0.1) is 13.8 Å². The number of anilines is 1. The van der Waals surface area contributed by atoms with Gasteiger partial charge >= 0.3 is 0 Å². The number of hydrogen-bond donors (Lipinski definition) is 1. The average molecular weight is 466 g/mol. The first-order valence-corrected chi connectivity index (χ1v) is 11.9. The number of nitrogens with one attached hydrogen (secondary N) is 1. The number of halogens is 1. The second-order valence-corrected chi connectivity index (χ2v) is 9.83. The van der Waals surface area contributed by atoms with Gasteiger partial charge in [-0.3, -0.25) is 9.69 Å². The fraction of sp³-hybridized carbons (Fsp3) is 0.292. The van der Waals surface area contributed by atoms with Gasteiger partial charge in [0, 0.05) is 42.8 Å². The maximum atomic E-state index is 13.0. The lowest BCUT2D eigenvalue weighted by atomic mass is 10.0. The fourth-order valence-electron chi connectivity index (χ4n) is 4.21. The van der Waals surface area contributed by atoms with Gasteiger partial charge in [0.05, 0.1) is 17.0 Å². The quantitative estimate of drug-likeness (QED) is 0.475. The molecule has 3 aromatic heterocycles. The van der Waals surface area contributed by atoms with Crippen LogP contribution in [-0.2, 0) is 6.54 Å². The number of benzene rings is 1. The summed E-state index contributed by atoms with van der Waals surface area (Å²) in [6.07, 6.45) is 1.68. The van der Waals surface area contributed by atoms with Gasteiger partial charge in [0.15, 0.2) is 0 Å². The molecule has 0 bridgehead atoms. The van der Waals surface area contributed by atoms with Crippen LogP contribution in [0.15, 0.2) is 47.4 Å². The summed E-state index contributed by atoms with van der Waals surface area (Å²) in [6.45, 7) is 8.26. The van der Waals surface area contributed by atoms with E-state index in [4.69, 9.17) is 16.6 Å². The molecule has 0 amide bonds. The van der Waals surface area contributed by atoms with Crippen molar-refractivity contribution in [3.8, 4) is 11.1 Å². The third-order valence-corrected chi connectivity index (χ3v) is 7.13. The van der Waals surface area contributed by atoms with Gasteiger partial charge in [-0.2, -0.15) is 0 Å². The van der Waals surface area contributed by atoms with E-state index in [9.17, 15) is 4.79 Å². The Kier molecular flexibility index (Phi) is 5.71. The fourth-order valence-corrected chi connectivity index (χ4v) is 5.38. The van der Waals surface area contributed by atoms with Crippen LogP contribution in [0.2, 0.25) is 5.02 Å². The third kappa shape index (κ3) is 4.16. The number of nitrogens with zero attached hydrogens (tertiary/aromatic N) is 4. The molecule has 0 aliphatic carbocycles. The van der Waals surface area contributed by atoms with Gasteiger partial charge in [0.1, 0.15) is 16.5 Å². The number of pyridine rings is 1. The van der Waals surface area contributed by atoms with Crippen LogP contribution >= 0.6 is 22.9 Å². The number of fused-ring (bicyclic) bond motifs is 1. The molecule has 1 aliphatic rings. The van der Waals surface area contributed by atoms with Crippen LogP contribution in [0.1, 0.15) is 16.3 Å². The van der Waals surface area contributed by atoms with E-state index < -0.39 is 0 Å². The van der Waals surface area contributed by atoms with Gasteiger partial charge in [-0.1, -0.05) is 41.4 Å². The molecule has 32 heavy (non-hydrogen) atoms. The smallest absolute Gasteiger partial charge is 0.260 e. The van der Waals surface area contributed by atoms with Gasteiger partial charge < -0.3 is 9.88 Å². The number of aromatic nitrogens is 3. The topological polar surface area (TPSA) is 65.1 Å². The summed E-state index contributed by atoms with van der Waals surface area (Å²) in [6, 6.07) is 12.1. The highest BCUT2D eigenvalue weighted by atomic mass is 35.5. The van der Waals surface area contributed by atoms with E-state index in [-0.39, 0.29) is 5.56 Å². The maximum absolute atomic E-state index is 13.0. The monoisotopic (exact) mass is 465 g/mol. The summed E-state index contributed by atoms with van der Waals surface area (Å²) >= 11 is 7.54. The summed E-state index contributed by atoms with van der Waals surface area (Å²) in [5.41, 5.74) is 3.20. The zero-order chi connectivity index (χ0) is 22.2. The second-order valence-electron chi connectivity index (χ2n) is 8.19. The lowest BCUT2D eigenvalue weighted by molar-refractivity contribution is 0.243. The summed E-state index contributed by atoms with van der Waals surface area (Å²) in [5, 5.41) is 1.34. The van der Waals surface area contributed by atoms with Gasteiger partial charge in [-0.05, 0) is 31.5 Å². The van der Waals surface area contributed by atoms with Crippen molar-refractivity contribution in [2.45, 2.75) is 20.4 Å². The molecule has 1 aromatic carbocycles. The zero-order valence-electron chi connectivity index (χ0n) is 18.1. The molecule has 8 heteroatoms. The lowest BCUT2D eigenvalue weighted by Gasteiger charge is -2.35. The van der Waals surface area contributed by atoms with E-state index in [1.54, 1.807) is 17.5 Å². The summed E-state index contributed by atoms with van der Waals surface area (Å²) in [5.74, 6) is 1.66. The molecular formula is C24H24ClN5OS. The van der Waals surface area contributed by atoms with Crippen LogP contribution < -0.4 is 10.5 Å². The highest BCUT2D eigenvalue weighted by Crippen LogP contribution is 2.35. The minimum absolute atomic E-state index is 0.0612. The molecule has 0 radical (unpaired) electrons. The van der Waals surface area contributed by atoms with E-state index in [2.05, 4.69) is 57.9 Å². The molecule has 1 fully saturated rings. The third-order valence-electron chi connectivity index (χ3n) is 5.91. The Morgan fingerprint density at radius 3 is 2.50 bits per heavy atom. The summed E-state index contributed by atoms with van der Waals surface area (Å²) < 4.78 is 0. The standard InChI is InChI=1S/C24H24ClN5OS/c1-15-3-5-17(6-4-15)21-16(2)32-24-22(21)23(31)27-19(28-24)14-29-9-11-30(12-10-29)20-8-7-18(25)13-26-20/h3-8,13H,9-12,14H2,1-2H3,(H,27,28,31). The first kappa shape index (κ1) is 21.1. The van der Waals surface area contributed by atoms with Crippen molar-refractivity contribution in [3.63, 3.8) is 0 Å². The number of piperazine rings is 1. The van der Waals surface area contributed by atoms with E-state index in [1.165, 1.54) is 5.56 Å². The highest BCUT2D eigenvalue weighted by molar-refractivity contribution is 7.19. The van der Waals surface area contributed by atoms with Gasteiger partial charge in [0.25, 0.3) is 5.56 Å². The summed E-state index contributed by atoms with van der Waals surface area (Å²) in [4.78, 5) is 31.8. The van der Waals surface area contributed by atoms with Crippen LogP contribution in [0.4, 0.5) is 5.82 Å². The Balaban J connectivity index is 1.34. The van der Waals surface area contributed by atoms with Crippen molar-refractivity contribution >= 4 is 39.0 Å². The minimum Gasteiger partial charge on any atom is -0.354 e. The van der Waals surface area contributed by atoms with E-state index in [1.807, 2.05) is 12.1 Å². The molecule has 0 saturated carbocycles. The average Bonchev–Trinajstić information content (AvgIpc) is 3.12. The van der Waals surface area contributed by atoms with Crippen molar-refractivity contribution in [3.05, 3.63) is 74.2 Å². The van der Waals surface area contributed by atoms with Gasteiger partial charge in [-0.15, -0.1) is 11.3 Å². The van der Waals surface area contributed by atoms with Crippen molar-refractivity contribution < 1.29 is 0 Å². The van der Waals surface area contributed by atoms with E-state index in [0.29, 0.717) is 17.0 Å². The Hall–Kier alpha value is -2.74. The number of rotatable bonds is 4. The Morgan fingerprint density at radius 2 is 1.81 bits per heavy atom. The molecule has 4 aromatic rings. The van der Waals surface area contributed by atoms with E-state index >= 15 is 0 Å². The second kappa shape index (κ2) is 8.65. The molecule has 164 valence electrons. The number of thiophene rings is 1. The highest BCUT2D eigenvalue weighted by Gasteiger charge is 2.21. The SMILES string of the molecule is Cc1ccc(-c2c(C)sc3nc(CN4CCN(c5ccc(Cl)cn5)CC4)[nH]c(=O)c23)cc1. The lowest BCUT2D eigenvalue weighted by Crippen LogP contribution is -2.46. The predicted molar refractivity (Wildman–Crippen MR) is 132 cm³/mol. The molecule has 0 atom stereocenters. The molecule has 0 unspecified atom stereocenters. The Morgan fingerprint density at radius 1 is 1.06 bits per heavy atom. The van der Waals surface area contributed by atoms with Crippen molar-refractivity contribution in [1.82, 2.24) is 19.9 Å². The van der Waals surface area contributed by atoms with Crippen molar-refractivity contribution in [2.75, 3.05) is 31.1 Å².